The topological polar surface area (TPSA) is 50.3 Å². The molecule has 2 atom stereocenters. The zero-order chi connectivity index (χ0) is 16.7. The van der Waals surface area contributed by atoms with Gasteiger partial charge in [-0.3, -0.25) is 9.80 Å². The van der Waals surface area contributed by atoms with Crippen LogP contribution in [0.3, 0.4) is 0 Å². The van der Waals surface area contributed by atoms with E-state index in [9.17, 15) is 0 Å². The smallest absolute Gasteiger partial charge is 0.138 e. The number of imidazole rings is 1. The van der Waals surface area contributed by atoms with Crippen molar-refractivity contribution in [1.29, 1.82) is 0 Å². The summed E-state index contributed by atoms with van der Waals surface area (Å²) in [6.45, 7) is 9.49. The Labute approximate surface area is 143 Å². The van der Waals surface area contributed by atoms with E-state index in [4.69, 9.17) is 4.52 Å². The molecule has 5 rings (SSSR count). The molecule has 0 amide bonds. The quantitative estimate of drug-likeness (QED) is 0.860. The summed E-state index contributed by atoms with van der Waals surface area (Å²) >= 11 is 0. The van der Waals surface area contributed by atoms with Gasteiger partial charge in [-0.1, -0.05) is 5.16 Å². The van der Waals surface area contributed by atoms with Crippen LogP contribution in [0.2, 0.25) is 0 Å². The summed E-state index contributed by atoms with van der Waals surface area (Å²) < 4.78 is 7.48. The number of aryl methyl sites for hydroxylation is 3. The summed E-state index contributed by atoms with van der Waals surface area (Å²) in [6, 6.07) is 0.626. The largest absolute Gasteiger partial charge is 0.361 e. The van der Waals surface area contributed by atoms with Gasteiger partial charge in [0.2, 0.25) is 0 Å². The van der Waals surface area contributed by atoms with Crippen LogP contribution in [0.5, 0.6) is 0 Å². The van der Waals surface area contributed by atoms with Crippen molar-refractivity contribution in [3.05, 3.63) is 35.2 Å². The van der Waals surface area contributed by atoms with E-state index in [0.29, 0.717) is 6.04 Å². The fourth-order valence-corrected chi connectivity index (χ4v) is 4.28. The van der Waals surface area contributed by atoms with E-state index in [1.165, 1.54) is 37.3 Å². The van der Waals surface area contributed by atoms with Crippen molar-refractivity contribution in [2.24, 2.45) is 13.0 Å². The minimum atomic E-state index is 0.626. The van der Waals surface area contributed by atoms with Crippen molar-refractivity contribution in [1.82, 2.24) is 24.5 Å². The van der Waals surface area contributed by atoms with Gasteiger partial charge in [-0.15, -0.1) is 0 Å². The van der Waals surface area contributed by atoms with Gasteiger partial charge in [0.25, 0.3) is 0 Å². The van der Waals surface area contributed by atoms with Gasteiger partial charge in [0, 0.05) is 57.2 Å². The summed E-state index contributed by atoms with van der Waals surface area (Å²) in [4.78, 5) is 9.76. The molecule has 0 radical (unpaired) electrons. The average Bonchev–Trinajstić information content (AvgIpc) is 2.96. The first kappa shape index (κ1) is 15.8. The highest BCUT2D eigenvalue weighted by Gasteiger charge is 2.35. The van der Waals surface area contributed by atoms with Gasteiger partial charge < -0.3 is 9.09 Å². The number of aromatic nitrogens is 3. The maximum Gasteiger partial charge on any atom is 0.138 e. The summed E-state index contributed by atoms with van der Waals surface area (Å²) in [6.07, 6.45) is 6.58. The van der Waals surface area contributed by atoms with Gasteiger partial charge in [0.05, 0.1) is 12.2 Å². The molecule has 3 aliphatic rings. The van der Waals surface area contributed by atoms with E-state index in [2.05, 4.69) is 31.6 Å². The summed E-state index contributed by atoms with van der Waals surface area (Å²) in [5.74, 6) is 2.89. The molecule has 0 spiro atoms. The van der Waals surface area contributed by atoms with E-state index in [0.717, 1.165) is 37.0 Å². The van der Waals surface area contributed by atoms with Gasteiger partial charge in [-0.25, -0.2) is 4.98 Å². The van der Waals surface area contributed by atoms with Crippen molar-refractivity contribution in [3.63, 3.8) is 0 Å². The lowest BCUT2D eigenvalue weighted by Crippen LogP contribution is -2.43. The lowest BCUT2D eigenvalue weighted by molar-refractivity contribution is 0.119. The highest BCUT2D eigenvalue weighted by atomic mass is 16.5. The average molecular weight is 329 g/mol. The third-order valence-corrected chi connectivity index (χ3v) is 5.73. The molecule has 6 nitrogen and oxygen atoms in total. The number of piperidine rings is 1. The van der Waals surface area contributed by atoms with Gasteiger partial charge in [0.15, 0.2) is 0 Å². The molecule has 130 valence electrons. The molecular weight excluding hydrogens is 302 g/mol. The Morgan fingerprint density at radius 3 is 2.75 bits per heavy atom. The Balaban J connectivity index is 1.47. The summed E-state index contributed by atoms with van der Waals surface area (Å²) in [5.41, 5.74) is 2.31. The Bertz CT molecular complexity index is 687. The van der Waals surface area contributed by atoms with Crippen LogP contribution in [0.4, 0.5) is 0 Å². The van der Waals surface area contributed by atoms with E-state index >= 15 is 0 Å². The van der Waals surface area contributed by atoms with Crippen LogP contribution in [-0.4, -0.2) is 50.2 Å². The maximum atomic E-state index is 5.34. The van der Waals surface area contributed by atoms with Crippen LogP contribution in [0.1, 0.15) is 35.7 Å². The fraction of sp³-hybridized carbons (Fsp3) is 0.667. The predicted molar refractivity (Wildman–Crippen MR) is 91.4 cm³/mol. The summed E-state index contributed by atoms with van der Waals surface area (Å²) in [7, 11) is 2.09. The second-order valence-electron chi connectivity index (χ2n) is 7.48. The molecule has 24 heavy (non-hydrogen) atoms. The second-order valence-corrected chi connectivity index (χ2v) is 7.48. The Morgan fingerprint density at radius 2 is 2.04 bits per heavy atom. The molecular formula is C18H27N5O. The monoisotopic (exact) mass is 329 g/mol. The van der Waals surface area contributed by atoms with Crippen LogP contribution in [0.15, 0.2) is 16.9 Å². The van der Waals surface area contributed by atoms with Gasteiger partial charge in [-0.2, -0.15) is 0 Å². The van der Waals surface area contributed by atoms with Crippen molar-refractivity contribution >= 4 is 0 Å². The Morgan fingerprint density at radius 1 is 1.17 bits per heavy atom. The van der Waals surface area contributed by atoms with Crippen LogP contribution in [-0.2, 0) is 20.1 Å². The van der Waals surface area contributed by atoms with E-state index in [1.54, 1.807) is 0 Å². The molecule has 0 aliphatic carbocycles. The molecule has 5 heterocycles. The summed E-state index contributed by atoms with van der Waals surface area (Å²) in [5, 5.41) is 4.11. The number of nitrogens with zero attached hydrogens (tertiary/aromatic N) is 5. The molecule has 3 saturated heterocycles. The van der Waals surface area contributed by atoms with Gasteiger partial charge >= 0.3 is 0 Å². The zero-order valence-electron chi connectivity index (χ0n) is 14.9. The molecule has 3 aliphatic heterocycles. The molecule has 0 N–H and O–H groups in total. The third kappa shape index (κ3) is 3.00. The van der Waals surface area contributed by atoms with Crippen LogP contribution in [0.25, 0.3) is 0 Å². The van der Waals surface area contributed by atoms with E-state index in [-0.39, 0.29) is 0 Å². The lowest BCUT2D eigenvalue weighted by atomic mass is 9.95. The SMILES string of the molecule is Cc1noc(C)c1CN1C[C@H]2CC[C@@H](C1)N(Cc1nccn1C)C2. The standard InChI is InChI=1S/C18H27N5O/c1-13-17(14(2)24-20-13)11-22-8-15-4-5-16(10-22)23(9-15)12-18-19-6-7-21(18)3/h6-7,15-16H,4-5,8-12H2,1-3H3/t15-,16+/m1/s1. The van der Waals surface area contributed by atoms with Crippen molar-refractivity contribution in [2.45, 2.75) is 45.8 Å². The Hall–Kier alpha value is -1.66. The lowest BCUT2D eigenvalue weighted by Gasteiger charge is -2.35. The number of hydrogen-bond acceptors (Lipinski definition) is 5. The van der Waals surface area contributed by atoms with E-state index < -0.39 is 0 Å². The maximum absolute atomic E-state index is 5.34. The second kappa shape index (κ2) is 6.33. The van der Waals surface area contributed by atoms with Crippen molar-refractivity contribution in [3.8, 4) is 0 Å². The highest BCUT2D eigenvalue weighted by molar-refractivity contribution is 5.20. The molecule has 2 bridgehead atoms. The molecule has 0 saturated carbocycles. The fourth-order valence-electron chi connectivity index (χ4n) is 4.28. The Kier molecular flexibility index (Phi) is 4.18. The molecule has 2 aromatic rings. The van der Waals surface area contributed by atoms with Crippen LogP contribution >= 0.6 is 0 Å². The minimum Gasteiger partial charge on any atom is -0.361 e. The van der Waals surface area contributed by atoms with Crippen molar-refractivity contribution < 1.29 is 4.52 Å². The molecule has 0 aromatic carbocycles. The third-order valence-electron chi connectivity index (χ3n) is 5.73. The predicted octanol–water partition coefficient (Wildman–Crippen LogP) is 2.12. The zero-order valence-corrected chi connectivity index (χ0v) is 14.9. The molecule has 0 unspecified atom stereocenters. The highest BCUT2D eigenvalue weighted by Crippen LogP contribution is 2.30. The molecule has 6 heteroatoms. The van der Waals surface area contributed by atoms with Gasteiger partial charge in [0.1, 0.15) is 11.6 Å². The van der Waals surface area contributed by atoms with Crippen LogP contribution < -0.4 is 0 Å². The first-order valence-corrected chi connectivity index (χ1v) is 8.94. The number of hydrogen-bond donors (Lipinski definition) is 0. The molecule has 3 fully saturated rings. The first-order valence-electron chi connectivity index (χ1n) is 8.94. The van der Waals surface area contributed by atoms with E-state index in [1.807, 2.05) is 26.2 Å². The number of rotatable bonds is 4. The van der Waals surface area contributed by atoms with Crippen LogP contribution in [0, 0.1) is 19.8 Å². The normalized spacial score (nSPS) is 25.3. The minimum absolute atomic E-state index is 0.626. The molecule has 2 aromatic heterocycles. The number of fused-ring (bicyclic) bond motifs is 4. The van der Waals surface area contributed by atoms with Gasteiger partial charge in [-0.05, 0) is 32.6 Å². The van der Waals surface area contributed by atoms with Crippen molar-refractivity contribution in [2.75, 3.05) is 19.6 Å². The first-order chi connectivity index (χ1) is 11.6.